The second-order valence-corrected chi connectivity index (χ2v) is 6.86. The number of carboxylic acid groups (broad SMARTS) is 1. The number of nitrogens with zero attached hydrogens (tertiary/aromatic N) is 2. The van der Waals surface area contributed by atoms with E-state index in [0.29, 0.717) is 28.7 Å². The minimum absolute atomic E-state index is 0.0138. The molecule has 146 valence electrons. The molecule has 0 saturated heterocycles. The Bertz CT molecular complexity index is 810. The number of ether oxygens (including phenoxy) is 2. The third-order valence-electron chi connectivity index (χ3n) is 4.05. The standard InChI is InChI=1S/C20H25ClN2O4/c1-6-7-23(11-26-5)16-10-14(4)22-19(17(16)20(24)25)27-18-12(2)8-15(21)9-13(18)3/h8-10H,6-7,11H2,1-5H3,(H,24,25). The summed E-state index contributed by atoms with van der Waals surface area (Å²) in [4.78, 5) is 18.3. The van der Waals surface area contributed by atoms with E-state index in [9.17, 15) is 9.90 Å². The number of rotatable bonds is 8. The number of carbonyl (C=O) groups is 1. The van der Waals surface area contributed by atoms with Crippen LogP contribution in [-0.2, 0) is 4.74 Å². The Labute approximate surface area is 164 Å². The van der Waals surface area contributed by atoms with Crippen LogP contribution in [-0.4, -0.2) is 36.4 Å². The Kier molecular flexibility index (Phi) is 7.05. The highest BCUT2D eigenvalue weighted by Crippen LogP contribution is 2.36. The molecule has 2 rings (SSSR count). The first-order chi connectivity index (χ1) is 12.8. The van der Waals surface area contributed by atoms with Gasteiger partial charge in [0.1, 0.15) is 18.0 Å². The van der Waals surface area contributed by atoms with Gasteiger partial charge in [-0.05, 0) is 56.5 Å². The molecule has 1 aromatic heterocycles. The number of aryl methyl sites for hydroxylation is 3. The Balaban J connectivity index is 2.61. The quantitative estimate of drug-likeness (QED) is 0.639. The number of hydrogen-bond donors (Lipinski definition) is 1. The maximum Gasteiger partial charge on any atom is 0.343 e. The minimum atomic E-state index is -1.10. The summed E-state index contributed by atoms with van der Waals surface area (Å²) in [5.41, 5.74) is 2.82. The van der Waals surface area contributed by atoms with Gasteiger partial charge in [0, 0.05) is 24.4 Å². The smallest absolute Gasteiger partial charge is 0.343 e. The van der Waals surface area contributed by atoms with E-state index in [1.807, 2.05) is 25.7 Å². The number of halogens is 1. The van der Waals surface area contributed by atoms with Gasteiger partial charge in [0.15, 0.2) is 0 Å². The van der Waals surface area contributed by atoms with E-state index in [-0.39, 0.29) is 18.2 Å². The normalized spacial score (nSPS) is 10.7. The Hall–Kier alpha value is -2.31. The van der Waals surface area contributed by atoms with Crippen LogP contribution in [0.2, 0.25) is 5.02 Å². The summed E-state index contributed by atoms with van der Waals surface area (Å²) in [7, 11) is 1.58. The predicted molar refractivity (Wildman–Crippen MR) is 106 cm³/mol. The maximum absolute atomic E-state index is 12.1. The lowest BCUT2D eigenvalue weighted by atomic mass is 10.1. The molecule has 7 heteroatoms. The minimum Gasteiger partial charge on any atom is -0.477 e. The molecule has 0 aliphatic rings. The maximum atomic E-state index is 12.1. The van der Waals surface area contributed by atoms with E-state index < -0.39 is 5.97 Å². The van der Waals surface area contributed by atoms with Crippen molar-refractivity contribution in [2.45, 2.75) is 34.1 Å². The largest absolute Gasteiger partial charge is 0.477 e. The zero-order chi connectivity index (χ0) is 20.1. The van der Waals surface area contributed by atoms with Crippen LogP contribution < -0.4 is 9.64 Å². The van der Waals surface area contributed by atoms with Gasteiger partial charge in [-0.3, -0.25) is 0 Å². The average molecular weight is 393 g/mol. The molecule has 1 N–H and O–H groups in total. The van der Waals surface area contributed by atoms with E-state index in [1.165, 1.54) is 0 Å². The van der Waals surface area contributed by atoms with Crippen molar-refractivity contribution >= 4 is 23.3 Å². The summed E-state index contributed by atoms with van der Waals surface area (Å²) >= 11 is 6.08. The molecule has 6 nitrogen and oxygen atoms in total. The van der Waals surface area contributed by atoms with Crippen molar-refractivity contribution in [2.24, 2.45) is 0 Å². The SMILES string of the molecule is CCCN(COC)c1cc(C)nc(Oc2c(C)cc(Cl)cc2C)c1C(=O)O. The molecule has 0 aliphatic heterocycles. The van der Waals surface area contributed by atoms with Crippen LogP contribution in [0, 0.1) is 20.8 Å². The summed E-state index contributed by atoms with van der Waals surface area (Å²) in [6, 6.07) is 5.29. The van der Waals surface area contributed by atoms with E-state index in [4.69, 9.17) is 21.1 Å². The van der Waals surface area contributed by atoms with Gasteiger partial charge in [-0.2, -0.15) is 0 Å². The van der Waals surface area contributed by atoms with E-state index in [0.717, 1.165) is 17.5 Å². The molecule has 0 atom stereocenters. The van der Waals surface area contributed by atoms with Crippen molar-refractivity contribution in [3.63, 3.8) is 0 Å². The second-order valence-electron chi connectivity index (χ2n) is 6.42. The summed E-state index contributed by atoms with van der Waals surface area (Å²) in [6.07, 6.45) is 0.843. The number of carboxylic acids is 1. The molecule has 0 amide bonds. The zero-order valence-electron chi connectivity index (χ0n) is 16.3. The fourth-order valence-electron chi connectivity index (χ4n) is 2.99. The molecule has 0 unspecified atom stereocenters. The summed E-state index contributed by atoms with van der Waals surface area (Å²) in [5, 5.41) is 10.5. The van der Waals surface area contributed by atoms with Gasteiger partial charge in [0.05, 0.1) is 5.69 Å². The molecule has 0 spiro atoms. The van der Waals surface area contributed by atoms with E-state index in [1.54, 1.807) is 32.2 Å². The van der Waals surface area contributed by atoms with Crippen LogP contribution in [0.5, 0.6) is 11.6 Å². The van der Waals surface area contributed by atoms with Gasteiger partial charge in [0.25, 0.3) is 0 Å². The Morgan fingerprint density at radius 2 is 1.85 bits per heavy atom. The third-order valence-corrected chi connectivity index (χ3v) is 4.27. The van der Waals surface area contributed by atoms with Crippen molar-refractivity contribution < 1.29 is 19.4 Å². The van der Waals surface area contributed by atoms with E-state index in [2.05, 4.69) is 4.98 Å². The molecule has 0 aliphatic carbocycles. The molecule has 0 radical (unpaired) electrons. The number of pyridine rings is 1. The monoisotopic (exact) mass is 392 g/mol. The number of hydrogen-bond acceptors (Lipinski definition) is 5. The zero-order valence-corrected chi connectivity index (χ0v) is 17.1. The number of aromatic carboxylic acids is 1. The molecule has 0 fully saturated rings. The molecule has 0 bridgehead atoms. The number of benzene rings is 1. The summed E-state index contributed by atoms with van der Waals surface area (Å²) in [5.74, 6) is -0.489. The number of anilines is 1. The summed E-state index contributed by atoms with van der Waals surface area (Å²) in [6.45, 7) is 8.47. The lowest BCUT2D eigenvalue weighted by molar-refractivity contribution is 0.0693. The van der Waals surface area contributed by atoms with Crippen molar-refractivity contribution in [1.29, 1.82) is 0 Å². The lowest BCUT2D eigenvalue weighted by Gasteiger charge is -2.26. The van der Waals surface area contributed by atoms with Crippen LogP contribution in [0.25, 0.3) is 0 Å². The van der Waals surface area contributed by atoms with Gasteiger partial charge in [-0.25, -0.2) is 9.78 Å². The van der Waals surface area contributed by atoms with Crippen LogP contribution in [0.3, 0.4) is 0 Å². The predicted octanol–water partition coefficient (Wildman–Crippen LogP) is 4.97. The average Bonchev–Trinajstić information content (AvgIpc) is 2.57. The Morgan fingerprint density at radius 1 is 1.22 bits per heavy atom. The van der Waals surface area contributed by atoms with Gasteiger partial charge in [-0.15, -0.1) is 0 Å². The topological polar surface area (TPSA) is 71.9 Å². The molecule has 27 heavy (non-hydrogen) atoms. The first-order valence-corrected chi connectivity index (χ1v) is 9.09. The van der Waals surface area contributed by atoms with Crippen molar-refractivity contribution in [3.8, 4) is 11.6 Å². The van der Waals surface area contributed by atoms with Gasteiger partial charge in [-0.1, -0.05) is 18.5 Å². The van der Waals surface area contributed by atoms with Gasteiger partial charge in [0.2, 0.25) is 5.88 Å². The molecule has 2 aromatic rings. The lowest BCUT2D eigenvalue weighted by Crippen LogP contribution is -2.28. The Morgan fingerprint density at radius 3 is 2.37 bits per heavy atom. The van der Waals surface area contributed by atoms with Crippen LogP contribution in [0.15, 0.2) is 18.2 Å². The van der Waals surface area contributed by atoms with Crippen LogP contribution in [0.1, 0.15) is 40.5 Å². The number of aromatic nitrogens is 1. The molecule has 1 heterocycles. The molecular formula is C20H25ClN2O4. The molecular weight excluding hydrogens is 368 g/mol. The van der Waals surface area contributed by atoms with Crippen LogP contribution in [0.4, 0.5) is 5.69 Å². The first-order valence-electron chi connectivity index (χ1n) is 8.71. The number of methoxy groups -OCH3 is 1. The highest BCUT2D eigenvalue weighted by Gasteiger charge is 2.24. The van der Waals surface area contributed by atoms with Crippen molar-refractivity contribution in [3.05, 3.63) is 45.6 Å². The first kappa shape index (κ1) is 21.0. The fraction of sp³-hybridized carbons (Fsp3) is 0.400. The fourth-order valence-corrected chi connectivity index (χ4v) is 3.31. The highest BCUT2D eigenvalue weighted by molar-refractivity contribution is 6.30. The van der Waals surface area contributed by atoms with Crippen molar-refractivity contribution in [2.75, 3.05) is 25.3 Å². The third kappa shape index (κ3) is 4.90. The van der Waals surface area contributed by atoms with E-state index >= 15 is 0 Å². The molecule has 0 saturated carbocycles. The summed E-state index contributed by atoms with van der Waals surface area (Å²) < 4.78 is 11.2. The van der Waals surface area contributed by atoms with Crippen LogP contribution >= 0.6 is 11.6 Å². The highest BCUT2D eigenvalue weighted by atomic mass is 35.5. The van der Waals surface area contributed by atoms with Gasteiger partial charge >= 0.3 is 5.97 Å². The van der Waals surface area contributed by atoms with Crippen molar-refractivity contribution in [1.82, 2.24) is 4.98 Å². The molecule has 1 aromatic carbocycles. The second kappa shape index (κ2) is 9.06. The van der Waals surface area contributed by atoms with Gasteiger partial charge < -0.3 is 19.5 Å².